The second kappa shape index (κ2) is 10.1. The van der Waals surface area contributed by atoms with Crippen LogP contribution in [0.3, 0.4) is 0 Å². The fourth-order valence-electron chi connectivity index (χ4n) is 3.04. The fourth-order valence-corrected chi connectivity index (χ4v) is 3.04. The minimum absolute atomic E-state index is 0.00233. The highest BCUT2D eigenvalue weighted by Gasteiger charge is 2.14. The second-order valence-corrected chi connectivity index (χ2v) is 6.75. The maximum Gasteiger partial charge on any atom is 0.266 e. The Balaban J connectivity index is 1.95. The van der Waals surface area contributed by atoms with E-state index in [2.05, 4.69) is 12.2 Å². The largest absolute Gasteiger partial charge is 0.497 e. The zero-order valence-electron chi connectivity index (χ0n) is 17.1. The van der Waals surface area contributed by atoms with Gasteiger partial charge >= 0.3 is 0 Å². The summed E-state index contributed by atoms with van der Waals surface area (Å²) in [6.07, 6.45) is 3.55. The molecule has 0 aliphatic rings. The number of rotatable bonds is 8. The van der Waals surface area contributed by atoms with Crippen molar-refractivity contribution >= 4 is 28.4 Å². The molecule has 0 spiro atoms. The maximum absolute atomic E-state index is 12.7. The van der Waals surface area contributed by atoms with Crippen LogP contribution in [-0.2, 0) is 4.79 Å². The summed E-state index contributed by atoms with van der Waals surface area (Å²) in [4.78, 5) is 12.7. The average Bonchev–Trinajstić information content (AvgIpc) is 2.78. The zero-order chi connectivity index (χ0) is 21.3. The van der Waals surface area contributed by atoms with Gasteiger partial charge in [-0.25, -0.2) is 0 Å². The molecule has 0 saturated carbocycles. The average molecular weight is 400 g/mol. The third-order valence-electron chi connectivity index (χ3n) is 4.69. The number of methoxy groups -OCH3 is 1. The lowest BCUT2D eigenvalue weighted by Gasteiger charge is -2.12. The van der Waals surface area contributed by atoms with Gasteiger partial charge in [-0.1, -0.05) is 43.7 Å². The lowest BCUT2D eigenvalue weighted by Crippen LogP contribution is -2.13. The zero-order valence-corrected chi connectivity index (χ0v) is 17.1. The molecule has 0 saturated heterocycles. The number of benzene rings is 3. The maximum atomic E-state index is 12.7. The Bertz CT molecular complexity index is 1100. The molecule has 30 heavy (non-hydrogen) atoms. The van der Waals surface area contributed by atoms with Crippen molar-refractivity contribution in [3.8, 4) is 17.6 Å². The first kappa shape index (κ1) is 20.9. The first-order chi connectivity index (χ1) is 14.7. The van der Waals surface area contributed by atoms with Crippen LogP contribution in [0.1, 0.15) is 25.3 Å². The van der Waals surface area contributed by atoms with E-state index in [1.165, 1.54) is 0 Å². The van der Waals surface area contributed by atoms with Crippen molar-refractivity contribution in [1.82, 2.24) is 0 Å². The van der Waals surface area contributed by atoms with E-state index in [-0.39, 0.29) is 5.57 Å². The number of hydrogen-bond donors (Lipinski definition) is 1. The highest BCUT2D eigenvalue weighted by Crippen LogP contribution is 2.30. The molecule has 0 atom stereocenters. The van der Waals surface area contributed by atoms with Crippen LogP contribution in [-0.4, -0.2) is 19.6 Å². The van der Waals surface area contributed by atoms with Gasteiger partial charge in [0, 0.05) is 11.3 Å². The van der Waals surface area contributed by atoms with Crippen LogP contribution in [0.5, 0.6) is 11.5 Å². The summed E-state index contributed by atoms with van der Waals surface area (Å²) in [5, 5.41) is 14.4. The summed E-state index contributed by atoms with van der Waals surface area (Å²) in [7, 11) is 1.58. The molecular weight excluding hydrogens is 376 g/mol. The van der Waals surface area contributed by atoms with Crippen LogP contribution >= 0.6 is 0 Å². The minimum Gasteiger partial charge on any atom is -0.497 e. The number of carbonyl (C=O) groups excluding carboxylic acids is 1. The molecule has 0 aliphatic heterocycles. The van der Waals surface area contributed by atoms with Crippen molar-refractivity contribution < 1.29 is 14.3 Å². The molecule has 0 bridgehead atoms. The van der Waals surface area contributed by atoms with Crippen molar-refractivity contribution in [1.29, 1.82) is 5.26 Å². The van der Waals surface area contributed by atoms with Gasteiger partial charge in [0.05, 0.1) is 13.7 Å². The van der Waals surface area contributed by atoms with Gasteiger partial charge in [0.2, 0.25) is 0 Å². The smallest absolute Gasteiger partial charge is 0.266 e. The molecule has 0 heterocycles. The predicted molar refractivity (Wildman–Crippen MR) is 120 cm³/mol. The summed E-state index contributed by atoms with van der Waals surface area (Å²) in [5.41, 5.74) is 1.31. The molecular formula is C25H24N2O3. The number of nitriles is 1. The molecule has 0 radical (unpaired) electrons. The number of anilines is 1. The molecule has 0 unspecified atom stereocenters. The van der Waals surface area contributed by atoms with Gasteiger partial charge in [0.15, 0.2) is 0 Å². The van der Waals surface area contributed by atoms with E-state index in [1.54, 1.807) is 37.5 Å². The normalized spacial score (nSPS) is 11.0. The van der Waals surface area contributed by atoms with Crippen molar-refractivity contribution in [2.75, 3.05) is 19.0 Å². The van der Waals surface area contributed by atoms with Gasteiger partial charge in [-0.15, -0.1) is 0 Å². The van der Waals surface area contributed by atoms with Crippen molar-refractivity contribution in [2.24, 2.45) is 0 Å². The predicted octanol–water partition coefficient (Wildman–Crippen LogP) is 5.57. The number of hydrogen-bond acceptors (Lipinski definition) is 4. The Labute approximate surface area is 176 Å². The van der Waals surface area contributed by atoms with E-state index in [9.17, 15) is 10.1 Å². The third kappa shape index (κ3) is 4.98. The summed E-state index contributed by atoms with van der Waals surface area (Å²) >= 11 is 0. The lowest BCUT2D eigenvalue weighted by molar-refractivity contribution is -0.112. The first-order valence-corrected chi connectivity index (χ1v) is 9.88. The molecule has 1 amide bonds. The summed E-state index contributed by atoms with van der Waals surface area (Å²) in [6.45, 7) is 2.68. The number of carbonyl (C=O) groups is 1. The third-order valence-corrected chi connectivity index (χ3v) is 4.69. The Kier molecular flexibility index (Phi) is 7.07. The Hall–Kier alpha value is -3.78. The molecule has 0 aliphatic carbocycles. The molecule has 1 N–H and O–H groups in total. The Morgan fingerprint density at radius 2 is 1.87 bits per heavy atom. The van der Waals surface area contributed by atoms with Crippen LogP contribution in [0.4, 0.5) is 5.69 Å². The molecule has 152 valence electrons. The monoisotopic (exact) mass is 400 g/mol. The molecule has 3 aromatic carbocycles. The number of nitrogens with zero attached hydrogens (tertiary/aromatic N) is 1. The highest BCUT2D eigenvalue weighted by atomic mass is 16.5. The van der Waals surface area contributed by atoms with Crippen molar-refractivity contribution in [2.45, 2.75) is 19.8 Å². The van der Waals surface area contributed by atoms with Gasteiger partial charge in [0.25, 0.3) is 5.91 Å². The minimum atomic E-state index is -0.477. The second-order valence-electron chi connectivity index (χ2n) is 6.75. The van der Waals surface area contributed by atoms with Crippen molar-refractivity contribution in [3.63, 3.8) is 0 Å². The SMILES string of the molecule is CCCCOc1ccc2ccccc2c1/C=C(/C#N)C(=O)Nc1ccc(OC)cc1. The van der Waals surface area contributed by atoms with E-state index in [0.717, 1.165) is 29.2 Å². The topological polar surface area (TPSA) is 71.3 Å². The number of fused-ring (bicyclic) bond motifs is 1. The van der Waals surface area contributed by atoms with Crippen LogP contribution in [0.15, 0.2) is 66.2 Å². The van der Waals surface area contributed by atoms with Crippen molar-refractivity contribution in [3.05, 3.63) is 71.8 Å². The van der Waals surface area contributed by atoms with Crippen LogP contribution in [0, 0.1) is 11.3 Å². The lowest BCUT2D eigenvalue weighted by atomic mass is 10.0. The highest BCUT2D eigenvalue weighted by molar-refractivity contribution is 6.11. The van der Waals surface area contributed by atoms with Gasteiger partial charge in [-0.3, -0.25) is 4.79 Å². The first-order valence-electron chi connectivity index (χ1n) is 9.88. The molecule has 0 aromatic heterocycles. The van der Waals surface area contributed by atoms with E-state index >= 15 is 0 Å². The molecule has 3 rings (SSSR count). The number of nitrogens with one attached hydrogen (secondary N) is 1. The molecule has 0 fully saturated rings. The Morgan fingerprint density at radius 1 is 1.10 bits per heavy atom. The van der Waals surface area contributed by atoms with E-state index < -0.39 is 5.91 Å². The van der Waals surface area contributed by atoms with Crippen LogP contribution in [0.25, 0.3) is 16.8 Å². The van der Waals surface area contributed by atoms with Crippen LogP contribution in [0.2, 0.25) is 0 Å². The van der Waals surface area contributed by atoms with E-state index in [0.29, 0.717) is 23.8 Å². The van der Waals surface area contributed by atoms with Gasteiger partial charge in [-0.2, -0.15) is 5.26 Å². The van der Waals surface area contributed by atoms with Gasteiger partial charge in [-0.05, 0) is 53.6 Å². The Morgan fingerprint density at radius 3 is 2.57 bits per heavy atom. The van der Waals surface area contributed by atoms with E-state index in [1.807, 2.05) is 42.5 Å². The summed E-state index contributed by atoms with van der Waals surface area (Å²) in [6, 6.07) is 20.7. The molecule has 3 aromatic rings. The number of amides is 1. The summed E-state index contributed by atoms with van der Waals surface area (Å²) < 4.78 is 11.1. The number of ether oxygens (including phenoxy) is 2. The molecule has 5 nitrogen and oxygen atoms in total. The summed E-state index contributed by atoms with van der Waals surface area (Å²) in [5.74, 6) is 0.871. The number of unbranched alkanes of at least 4 members (excludes halogenated alkanes) is 1. The van der Waals surface area contributed by atoms with E-state index in [4.69, 9.17) is 9.47 Å². The fraction of sp³-hybridized carbons (Fsp3) is 0.200. The molecule has 5 heteroatoms. The van der Waals surface area contributed by atoms with Gasteiger partial charge < -0.3 is 14.8 Å². The standard InChI is InChI=1S/C25H24N2O3/c1-3-4-15-30-24-14-9-18-7-5-6-8-22(18)23(24)16-19(17-26)25(28)27-20-10-12-21(29-2)13-11-20/h5-14,16H,3-4,15H2,1-2H3,(H,27,28)/b19-16-. The van der Waals surface area contributed by atoms with Crippen LogP contribution < -0.4 is 14.8 Å². The van der Waals surface area contributed by atoms with Gasteiger partial charge in [0.1, 0.15) is 23.1 Å². The quantitative estimate of drug-likeness (QED) is 0.305.